The average molecular weight is 378 g/mol. The molecular weight excluding hydrogens is 353 g/mol. The van der Waals surface area contributed by atoms with Gasteiger partial charge in [0.2, 0.25) is 0 Å². The summed E-state index contributed by atoms with van der Waals surface area (Å²) in [6.45, 7) is 0. The molecule has 1 saturated carbocycles. The molecule has 0 spiro atoms. The number of aliphatic carboxylic acids is 1. The first-order valence-corrected chi connectivity index (χ1v) is 8.90. The first kappa shape index (κ1) is 20.4. The van der Waals surface area contributed by atoms with Crippen molar-refractivity contribution in [3.8, 4) is 0 Å². The van der Waals surface area contributed by atoms with E-state index in [-0.39, 0.29) is 36.2 Å². The molecule has 1 fully saturated rings. The molecule has 3 nitrogen and oxygen atoms in total. The van der Waals surface area contributed by atoms with E-state index in [0.717, 1.165) is 18.4 Å². The van der Waals surface area contributed by atoms with Crippen LogP contribution in [0.25, 0.3) is 0 Å². The van der Waals surface area contributed by atoms with Crippen LogP contribution in [0.3, 0.4) is 0 Å². The SMILES string of the molecule is Cl.O=C(O)C1CCC(NC(Cc2ccccc2)c2ccccc2F)CC1. The van der Waals surface area contributed by atoms with Crippen molar-refractivity contribution in [2.75, 3.05) is 0 Å². The van der Waals surface area contributed by atoms with E-state index in [4.69, 9.17) is 5.11 Å². The van der Waals surface area contributed by atoms with Gasteiger partial charge in [0.1, 0.15) is 5.82 Å². The second kappa shape index (κ2) is 9.70. The Kier molecular flexibility index (Phi) is 7.61. The second-order valence-corrected chi connectivity index (χ2v) is 6.82. The van der Waals surface area contributed by atoms with Crippen LogP contribution >= 0.6 is 12.4 Å². The van der Waals surface area contributed by atoms with Gasteiger partial charge in [-0.15, -0.1) is 12.4 Å². The predicted octanol–water partition coefficient (Wildman–Crippen LogP) is 4.76. The lowest BCUT2D eigenvalue weighted by atomic mass is 9.85. The molecule has 0 aromatic heterocycles. The lowest BCUT2D eigenvalue weighted by Crippen LogP contribution is -2.38. The van der Waals surface area contributed by atoms with Crippen molar-refractivity contribution in [3.63, 3.8) is 0 Å². The monoisotopic (exact) mass is 377 g/mol. The van der Waals surface area contributed by atoms with Crippen LogP contribution in [0.1, 0.15) is 42.9 Å². The van der Waals surface area contributed by atoms with Crippen LogP contribution in [-0.4, -0.2) is 17.1 Å². The van der Waals surface area contributed by atoms with E-state index in [1.807, 2.05) is 30.3 Å². The quantitative estimate of drug-likeness (QED) is 0.762. The summed E-state index contributed by atoms with van der Waals surface area (Å²) < 4.78 is 14.3. The first-order valence-electron chi connectivity index (χ1n) is 8.90. The third kappa shape index (κ3) is 5.29. The summed E-state index contributed by atoms with van der Waals surface area (Å²) in [6, 6.07) is 17.1. The number of nitrogens with one attached hydrogen (secondary N) is 1. The van der Waals surface area contributed by atoms with Crippen molar-refractivity contribution in [3.05, 3.63) is 71.5 Å². The maximum absolute atomic E-state index is 14.3. The van der Waals surface area contributed by atoms with Gasteiger partial charge < -0.3 is 10.4 Å². The number of rotatable bonds is 6. The lowest BCUT2D eigenvalue weighted by Gasteiger charge is -2.31. The largest absolute Gasteiger partial charge is 0.481 e. The van der Waals surface area contributed by atoms with Gasteiger partial charge in [0.05, 0.1) is 5.92 Å². The molecule has 2 aromatic carbocycles. The predicted molar refractivity (Wildman–Crippen MR) is 103 cm³/mol. The molecule has 1 aliphatic carbocycles. The average Bonchev–Trinajstić information content (AvgIpc) is 2.63. The van der Waals surface area contributed by atoms with Gasteiger partial charge in [0, 0.05) is 17.6 Å². The van der Waals surface area contributed by atoms with Gasteiger partial charge in [-0.1, -0.05) is 48.5 Å². The summed E-state index contributed by atoms with van der Waals surface area (Å²) in [5, 5.41) is 12.7. The molecule has 0 aliphatic heterocycles. The lowest BCUT2D eigenvalue weighted by molar-refractivity contribution is -0.142. The molecule has 2 N–H and O–H groups in total. The van der Waals surface area contributed by atoms with Crippen LogP contribution in [0.4, 0.5) is 4.39 Å². The van der Waals surface area contributed by atoms with E-state index in [1.54, 1.807) is 6.07 Å². The number of benzene rings is 2. The van der Waals surface area contributed by atoms with Crippen LogP contribution in [0.15, 0.2) is 54.6 Å². The number of carboxylic acid groups (broad SMARTS) is 1. The fraction of sp³-hybridized carbons (Fsp3) is 0.381. The molecule has 0 radical (unpaired) electrons. The summed E-state index contributed by atoms with van der Waals surface area (Å²) >= 11 is 0. The molecule has 5 heteroatoms. The Balaban J connectivity index is 0.00000243. The molecule has 0 heterocycles. The molecule has 1 aliphatic rings. The third-order valence-corrected chi connectivity index (χ3v) is 5.08. The fourth-order valence-electron chi connectivity index (χ4n) is 3.66. The van der Waals surface area contributed by atoms with Gasteiger partial charge >= 0.3 is 5.97 Å². The molecule has 3 rings (SSSR count). The zero-order valence-electron chi connectivity index (χ0n) is 14.6. The van der Waals surface area contributed by atoms with Crippen LogP contribution in [0.5, 0.6) is 0 Å². The summed E-state index contributed by atoms with van der Waals surface area (Å²) in [5.41, 5.74) is 1.83. The van der Waals surface area contributed by atoms with Crippen molar-refractivity contribution in [2.24, 2.45) is 5.92 Å². The van der Waals surface area contributed by atoms with E-state index in [2.05, 4.69) is 17.4 Å². The molecule has 1 atom stereocenters. The van der Waals surface area contributed by atoms with Gasteiger partial charge in [0.25, 0.3) is 0 Å². The van der Waals surface area contributed by atoms with E-state index >= 15 is 0 Å². The zero-order chi connectivity index (χ0) is 17.6. The standard InChI is InChI=1S/C21H24FNO2.ClH/c22-19-9-5-4-8-18(19)20(14-15-6-2-1-3-7-15)23-17-12-10-16(11-13-17)21(24)25;/h1-9,16-17,20,23H,10-14H2,(H,24,25);1H. The van der Waals surface area contributed by atoms with E-state index in [1.165, 1.54) is 6.07 Å². The fourth-order valence-corrected chi connectivity index (χ4v) is 3.66. The summed E-state index contributed by atoms with van der Waals surface area (Å²) in [5.74, 6) is -1.14. The molecule has 0 bridgehead atoms. The Labute approximate surface area is 160 Å². The minimum atomic E-state index is -0.701. The van der Waals surface area contributed by atoms with E-state index < -0.39 is 5.97 Å². The molecule has 1 unspecified atom stereocenters. The first-order chi connectivity index (χ1) is 12.1. The minimum Gasteiger partial charge on any atom is -0.481 e. The number of hydrogen-bond acceptors (Lipinski definition) is 2. The van der Waals surface area contributed by atoms with Gasteiger partial charge in [-0.3, -0.25) is 4.79 Å². The Bertz CT molecular complexity index is 702. The van der Waals surface area contributed by atoms with Gasteiger partial charge in [0.15, 0.2) is 0 Å². The number of halogens is 2. The topological polar surface area (TPSA) is 49.3 Å². The highest BCUT2D eigenvalue weighted by Gasteiger charge is 2.28. The van der Waals surface area contributed by atoms with Crippen molar-refractivity contribution >= 4 is 18.4 Å². The third-order valence-electron chi connectivity index (χ3n) is 5.08. The Morgan fingerprint density at radius 3 is 2.27 bits per heavy atom. The van der Waals surface area contributed by atoms with Gasteiger partial charge in [-0.05, 0) is 43.7 Å². The van der Waals surface area contributed by atoms with Crippen LogP contribution in [-0.2, 0) is 11.2 Å². The maximum Gasteiger partial charge on any atom is 0.306 e. The van der Waals surface area contributed by atoms with Crippen LogP contribution < -0.4 is 5.32 Å². The highest BCUT2D eigenvalue weighted by molar-refractivity contribution is 5.85. The van der Waals surface area contributed by atoms with E-state index in [9.17, 15) is 9.18 Å². The van der Waals surface area contributed by atoms with Crippen LogP contribution in [0.2, 0.25) is 0 Å². The van der Waals surface area contributed by atoms with E-state index in [0.29, 0.717) is 24.8 Å². The Hall–Kier alpha value is -1.91. The summed E-state index contributed by atoms with van der Waals surface area (Å²) in [4.78, 5) is 11.1. The summed E-state index contributed by atoms with van der Waals surface area (Å²) in [7, 11) is 0. The smallest absolute Gasteiger partial charge is 0.306 e. The van der Waals surface area contributed by atoms with Gasteiger partial charge in [-0.2, -0.15) is 0 Å². The van der Waals surface area contributed by atoms with Crippen molar-refractivity contribution in [1.29, 1.82) is 0 Å². The zero-order valence-corrected chi connectivity index (χ0v) is 15.4. The molecular formula is C21H25ClFNO2. The van der Waals surface area contributed by atoms with Crippen molar-refractivity contribution in [2.45, 2.75) is 44.2 Å². The highest BCUT2D eigenvalue weighted by atomic mass is 35.5. The molecule has 140 valence electrons. The number of hydrogen-bond donors (Lipinski definition) is 2. The van der Waals surface area contributed by atoms with Crippen LogP contribution in [0, 0.1) is 11.7 Å². The van der Waals surface area contributed by atoms with Crippen molar-refractivity contribution in [1.82, 2.24) is 5.32 Å². The molecule has 2 aromatic rings. The summed E-state index contributed by atoms with van der Waals surface area (Å²) in [6.07, 6.45) is 3.71. The van der Waals surface area contributed by atoms with Crippen molar-refractivity contribution < 1.29 is 14.3 Å². The number of carboxylic acids is 1. The molecule has 0 amide bonds. The normalized spacial score (nSPS) is 20.8. The minimum absolute atomic E-state index is 0. The van der Waals surface area contributed by atoms with Gasteiger partial charge in [-0.25, -0.2) is 4.39 Å². The maximum atomic E-state index is 14.3. The number of carbonyl (C=O) groups is 1. The second-order valence-electron chi connectivity index (χ2n) is 6.82. The molecule has 0 saturated heterocycles. The Morgan fingerprint density at radius 1 is 1.04 bits per heavy atom. The highest BCUT2D eigenvalue weighted by Crippen LogP contribution is 2.28. The molecule has 26 heavy (non-hydrogen) atoms. The Morgan fingerprint density at radius 2 is 1.65 bits per heavy atom.